The van der Waals surface area contributed by atoms with Gasteiger partial charge in [0.2, 0.25) is 0 Å². The van der Waals surface area contributed by atoms with Crippen LogP contribution in [-0.2, 0) is 33.3 Å². The molecule has 116 valence electrons. The van der Waals surface area contributed by atoms with Gasteiger partial charge in [0.1, 0.15) is 30.3 Å². The first-order valence-corrected chi connectivity index (χ1v) is 6.76. The second-order valence-electron chi connectivity index (χ2n) is 5.75. The van der Waals surface area contributed by atoms with E-state index in [0.717, 1.165) is 0 Å². The lowest BCUT2D eigenvalue weighted by Crippen LogP contribution is -2.44. The first-order valence-electron chi connectivity index (χ1n) is 6.76. The molecule has 3 rings (SSSR count). The molecule has 3 aliphatic rings. The normalized spacial score (nSPS) is 41.1. The van der Waals surface area contributed by atoms with E-state index in [0.29, 0.717) is 5.57 Å². The molecule has 5 unspecified atom stereocenters. The Balaban J connectivity index is 1.95. The van der Waals surface area contributed by atoms with Crippen molar-refractivity contribution in [1.29, 1.82) is 0 Å². The molecule has 0 aromatic rings. The number of esters is 2. The number of methoxy groups -OCH3 is 2. The van der Waals surface area contributed by atoms with Gasteiger partial charge in [-0.1, -0.05) is 0 Å². The minimum atomic E-state index is -0.739. The molecule has 0 saturated carbocycles. The van der Waals surface area contributed by atoms with Crippen LogP contribution >= 0.6 is 0 Å². The molecule has 0 aromatic carbocycles. The molecular formula is C14H18O7. The zero-order chi connectivity index (χ0) is 15.4. The molecule has 0 amide bonds. The monoisotopic (exact) mass is 298 g/mol. The van der Waals surface area contributed by atoms with Crippen molar-refractivity contribution >= 4 is 11.9 Å². The fourth-order valence-electron chi connectivity index (χ4n) is 3.30. The van der Waals surface area contributed by atoms with E-state index in [1.807, 2.05) is 13.8 Å². The van der Waals surface area contributed by atoms with Crippen LogP contribution in [0, 0.1) is 5.92 Å². The number of hydrogen-bond donors (Lipinski definition) is 0. The number of ether oxygens (including phenoxy) is 5. The summed E-state index contributed by atoms with van der Waals surface area (Å²) in [4.78, 5) is 23.6. The van der Waals surface area contributed by atoms with Gasteiger partial charge in [-0.2, -0.15) is 0 Å². The third kappa shape index (κ3) is 2.16. The van der Waals surface area contributed by atoms with Gasteiger partial charge in [0.15, 0.2) is 5.79 Å². The molecule has 2 bridgehead atoms. The van der Waals surface area contributed by atoms with Crippen molar-refractivity contribution in [3.05, 3.63) is 11.6 Å². The Morgan fingerprint density at radius 1 is 1.10 bits per heavy atom. The molecule has 0 radical (unpaired) electrons. The van der Waals surface area contributed by atoms with Gasteiger partial charge in [0, 0.05) is 6.08 Å². The van der Waals surface area contributed by atoms with Crippen LogP contribution in [0.4, 0.5) is 0 Å². The fourth-order valence-corrected chi connectivity index (χ4v) is 3.30. The lowest BCUT2D eigenvalue weighted by atomic mass is 9.80. The Labute approximate surface area is 122 Å². The zero-order valence-electron chi connectivity index (χ0n) is 12.3. The summed E-state index contributed by atoms with van der Waals surface area (Å²) in [5, 5.41) is 0. The summed E-state index contributed by atoms with van der Waals surface area (Å²) in [5.74, 6) is -2.40. The standard InChI is InChI=1S/C14H18O7/c1-14(2)20-11-9-6(5-7(15)17-3)8(13(16)18-4)10(19-9)12(11)21-14/h5,8-12H,1-4H3. The second kappa shape index (κ2) is 4.79. The molecule has 0 aromatic heterocycles. The van der Waals surface area contributed by atoms with E-state index in [4.69, 9.17) is 18.9 Å². The molecule has 3 aliphatic heterocycles. The molecule has 7 heteroatoms. The number of carbonyl (C=O) groups excluding carboxylic acids is 2. The van der Waals surface area contributed by atoms with Gasteiger partial charge in [-0.25, -0.2) is 4.79 Å². The SMILES string of the molecule is COC(=O)C=C1C2OC(C1C(=O)OC)C1OC(C)(C)OC21. The maximum Gasteiger partial charge on any atom is 0.330 e. The lowest BCUT2D eigenvalue weighted by Gasteiger charge is -2.26. The van der Waals surface area contributed by atoms with Crippen LogP contribution < -0.4 is 0 Å². The van der Waals surface area contributed by atoms with Gasteiger partial charge in [-0.15, -0.1) is 0 Å². The van der Waals surface area contributed by atoms with Crippen molar-refractivity contribution in [3.63, 3.8) is 0 Å². The minimum Gasteiger partial charge on any atom is -0.468 e. The molecule has 3 saturated heterocycles. The lowest BCUT2D eigenvalue weighted by molar-refractivity contribution is -0.180. The second-order valence-corrected chi connectivity index (χ2v) is 5.75. The van der Waals surface area contributed by atoms with Crippen molar-refractivity contribution < 1.29 is 33.3 Å². The third-order valence-corrected chi connectivity index (χ3v) is 4.05. The number of carbonyl (C=O) groups is 2. The van der Waals surface area contributed by atoms with Gasteiger partial charge in [-0.3, -0.25) is 4.79 Å². The maximum absolute atomic E-state index is 12.0. The van der Waals surface area contributed by atoms with E-state index in [2.05, 4.69) is 4.74 Å². The van der Waals surface area contributed by atoms with Gasteiger partial charge in [0.25, 0.3) is 0 Å². The first kappa shape index (κ1) is 14.5. The highest BCUT2D eigenvalue weighted by Crippen LogP contribution is 2.51. The molecule has 0 spiro atoms. The van der Waals surface area contributed by atoms with Crippen molar-refractivity contribution in [2.24, 2.45) is 5.92 Å². The summed E-state index contributed by atoms with van der Waals surface area (Å²) in [5.41, 5.74) is 0.529. The van der Waals surface area contributed by atoms with Crippen molar-refractivity contribution in [2.45, 2.75) is 44.1 Å². The number of rotatable bonds is 2. The van der Waals surface area contributed by atoms with Crippen molar-refractivity contribution in [3.8, 4) is 0 Å². The van der Waals surface area contributed by atoms with Gasteiger partial charge < -0.3 is 23.7 Å². The summed E-state index contributed by atoms with van der Waals surface area (Å²) in [7, 11) is 2.58. The topological polar surface area (TPSA) is 80.3 Å². The van der Waals surface area contributed by atoms with Crippen LogP contribution in [0.5, 0.6) is 0 Å². The van der Waals surface area contributed by atoms with E-state index < -0.39 is 35.9 Å². The van der Waals surface area contributed by atoms with Crippen molar-refractivity contribution in [2.75, 3.05) is 14.2 Å². The summed E-state index contributed by atoms with van der Waals surface area (Å²) < 4.78 is 26.9. The Morgan fingerprint density at radius 2 is 1.76 bits per heavy atom. The Bertz CT molecular complexity index is 509. The minimum absolute atomic E-state index is 0.332. The molecule has 5 atom stereocenters. The van der Waals surface area contributed by atoms with Crippen LogP contribution in [0.3, 0.4) is 0 Å². The zero-order valence-corrected chi connectivity index (χ0v) is 12.3. The van der Waals surface area contributed by atoms with E-state index in [9.17, 15) is 9.59 Å². The molecule has 0 aliphatic carbocycles. The van der Waals surface area contributed by atoms with Gasteiger partial charge in [0.05, 0.1) is 14.2 Å². The average Bonchev–Trinajstić information content (AvgIpc) is 3.04. The van der Waals surface area contributed by atoms with E-state index in [1.54, 1.807) is 0 Å². The quantitative estimate of drug-likeness (QED) is 0.531. The first-order chi connectivity index (χ1) is 9.88. The van der Waals surface area contributed by atoms with Gasteiger partial charge in [-0.05, 0) is 19.4 Å². The summed E-state index contributed by atoms with van der Waals surface area (Å²) >= 11 is 0. The molecular weight excluding hydrogens is 280 g/mol. The fraction of sp³-hybridized carbons (Fsp3) is 0.714. The molecule has 21 heavy (non-hydrogen) atoms. The molecule has 3 heterocycles. The van der Waals surface area contributed by atoms with E-state index in [-0.39, 0.29) is 12.2 Å². The summed E-state index contributed by atoms with van der Waals surface area (Å²) in [6, 6.07) is 0. The largest absolute Gasteiger partial charge is 0.468 e. The summed E-state index contributed by atoms with van der Waals surface area (Å²) in [6.07, 6.45) is -0.391. The predicted octanol–water partition coefficient (Wildman–Crippen LogP) is 0.176. The van der Waals surface area contributed by atoms with E-state index in [1.165, 1.54) is 20.3 Å². The third-order valence-electron chi connectivity index (χ3n) is 4.05. The van der Waals surface area contributed by atoms with Crippen molar-refractivity contribution in [1.82, 2.24) is 0 Å². The van der Waals surface area contributed by atoms with Crippen LogP contribution in [0.1, 0.15) is 13.8 Å². The Morgan fingerprint density at radius 3 is 2.38 bits per heavy atom. The highest BCUT2D eigenvalue weighted by molar-refractivity contribution is 5.86. The molecule has 3 fully saturated rings. The van der Waals surface area contributed by atoms with Crippen LogP contribution in [-0.4, -0.2) is 56.4 Å². The van der Waals surface area contributed by atoms with Gasteiger partial charge >= 0.3 is 11.9 Å². The molecule has 0 N–H and O–H groups in total. The predicted molar refractivity (Wildman–Crippen MR) is 68.1 cm³/mol. The maximum atomic E-state index is 12.0. The Hall–Kier alpha value is -1.44. The van der Waals surface area contributed by atoms with Crippen LogP contribution in [0.15, 0.2) is 11.6 Å². The van der Waals surface area contributed by atoms with Crippen LogP contribution in [0.2, 0.25) is 0 Å². The highest BCUT2D eigenvalue weighted by atomic mass is 16.8. The highest BCUT2D eigenvalue weighted by Gasteiger charge is 2.65. The number of fused-ring (bicyclic) bond motifs is 5. The average molecular weight is 298 g/mol. The Kier molecular flexibility index (Phi) is 3.31. The smallest absolute Gasteiger partial charge is 0.330 e. The summed E-state index contributed by atoms with van der Waals surface area (Å²) in [6.45, 7) is 3.61. The molecule has 7 nitrogen and oxygen atoms in total. The van der Waals surface area contributed by atoms with E-state index >= 15 is 0 Å². The van der Waals surface area contributed by atoms with Crippen LogP contribution in [0.25, 0.3) is 0 Å². The number of hydrogen-bond acceptors (Lipinski definition) is 7.